The largest absolute Gasteiger partial charge is 0.334 e. The molecular weight excluding hydrogens is 202 g/mol. The van der Waals surface area contributed by atoms with E-state index in [1.807, 2.05) is 16.8 Å². The molecule has 0 N–H and O–H groups in total. The zero-order valence-corrected chi connectivity index (χ0v) is 9.38. The van der Waals surface area contributed by atoms with Gasteiger partial charge in [-0.1, -0.05) is 12.7 Å². The predicted molar refractivity (Wildman–Crippen MR) is 63.6 cm³/mol. The highest BCUT2D eigenvalue weighted by atomic mass is 16.2. The third-order valence-corrected chi connectivity index (χ3v) is 2.23. The first-order chi connectivity index (χ1) is 7.77. The normalized spacial score (nSPS) is 14.2. The predicted octanol–water partition coefficient (Wildman–Crippen LogP) is 1.82. The third kappa shape index (κ3) is 3.73. The summed E-state index contributed by atoms with van der Waals surface area (Å²) in [7, 11) is 0. The lowest BCUT2D eigenvalue weighted by Crippen LogP contribution is -2.16. The lowest BCUT2D eigenvalue weighted by atomic mass is 10.4. The Kier molecular flexibility index (Phi) is 5.05. The molecule has 0 aliphatic carbocycles. The number of nitrogens with zero attached hydrogens (tertiary/aromatic N) is 3. The van der Waals surface area contributed by atoms with E-state index in [0.29, 0.717) is 6.42 Å². The number of carbonyl (C=O) groups excluding carboxylic acids is 1. The first kappa shape index (κ1) is 12.2. The molecular formula is C12H17N3O. The van der Waals surface area contributed by atoms with Crippen LogP contribution in [-0.4, -0.2) is 26.9 Å². The molecule has 1 aromatic rings. The summed E-state index contributed by atoms with van der Waals surface area (Å²) in [5, 5.41) is 0. The molecule has 2 heterocycles. The Morgan fingerprint density at radius 1 is 1.50 bits per heavy atom. The molecule has 2 rings (SSSR count). The highest BCUT2D eigenvalue weighted by Gasteiger charge is 2.15. The van der Waals surface area contributed by atoms with E-state index in [-0.39, 0.29) is 5.91 Å². The molecule has 0 unspecified atom stereocenters. The van der Waals surface area contributed by atoms with E-state index < -0.39 is 0 Å². The van der Waals surface area contributed by atoms with Gasteiger partial charge in [0.1, 0.15) is 0 Å². The first-order valence-corrected chi connectivity index (χ1v) is 5.26. The minimum absolute atomic E-state index is 0.208. The van der Waals surface area contributed by atoms with Gasteiger partial charge in [0, 0.05) is 31.9 Å². The maximum absolute atomic E-state index is 10.7. The van der Waals surface area contributed by atoms with Crippen molar-refractivity contribution in [1.82, 2.24) is 14.5 Å². The molecule has 86 valence electrons. The molecule has 1 aliphatic heterocycles. The van der Waals surface area contributed by atoms with Gasteiger partial charge in [-0.2, -0.15) is 0 Å². The van der Waals surface area contributed by atoms with Crippen molar-refractivity contribution in [2.45, 2.75) is 19.4 Å². The maximum Gasteiger partial charge on any atom is 0.226 e. The number of allylic oxidation sites excluding steroid dienone is 1. The molecule has 0 radical (unpaired) electrons. The van der Waals surface area contributed by atoms with E-state index in [2.05, 4.69) is 18.1 Å². The molecule has 1 amide bonds. The summed E-state index contributed by atoms with van der Waals surface area (Å²) in [5.74, 6) is 0.208. The third-order valence-electron chi connectivity index (χ3n) is 2.23. The Hall–Kier alpha value is -1.84. The minimum Gasteiger partial charge on any atom is -0.334 e. The van der Waals surface area contributed by atoms with Crippen molar-refractivity contribution in [1.29, 1.82) is 0 Å². The Labute approximate surface area is 95.9 Å². The number of likely N-dealkylation sites (tertiary alicyclic amines) is 1. The summed E-state index contributed by atoms with van der Waals surface area (Å²) in [6.45, 7) is 8.80. The summed E-state index contributed by atoms with van der Waals surface area (Å²) in [5.41, 5.74) is 0. The molecule has 4 nitrogen and oxygen atoms in total. The van der Waals surface area contributed by atoms with E-state index in [1.165, 1.54) is 0 Å². The van der Waals surface area contributed by atoms with Gasteiger partial charge in [0.2, 0.25) is 5.91 Å². The van der Waals surface area contributed by atoms with E-state index in [0.717, 1.165) is 19.5 Å². The fraction of sp³-hybridized carbons (Fsp3) is 0.333. The van der Waals surface area contributed by atoms with Gasteiger partial charge in [-0.3, -0.25) is 4.79 Å². The van der Waals surface area contributed by atoms with Crippen molar-refractivity contribution in [3.63, 3.8) is 0 Å². The second-order valence-corrected chi connectivity index (χ2v) is 3.42. The van der Waals surface area contributed by atoms with Gasteiger partial charge in [-0.05, 0) is 12.6 Å². The zero-order chi connectivity index (χ0) is 11.8. The topological polar surface area (TPSA) is 38.1 Å². The van der Waals surface area contributed by atoms with E-state index in [4.69, 9.17) is 0 Å². The molecule has 0 aromatic carbocycles. The lowest BCUT2D eigenvalue weighted by Gasteiger charge is -2.05. The molecule has 0 spiro atoms. The van der Waals surface area contributed by atoms with Crippen molar-refractivity contribution < 1.29 is 4.79 Å². The number of aromatic nitrogens is 2. The smallest absolute Gasteiger partial charge is 0.226 e. The van der Waals surface area contributed by atoms with E-state index in [1.54, 1.807) is 23.6 Å². The van der Waals surface area contributed by atoms with Crippen LogP contribution in [0.3, 0.4) is 0 Å². The van der Waals surface area contributed by atoms with Crippen molar-refractivity contribution in [3.8, 4) is 0 Å². The molecule has 1 aromatic heterocycles. The summed E-state index contributed by atoms with van der Waals surface area (Å²) < 4.78 is 1.95. The number of hydrogen-bond donors (Lipinski definition) is 0. The highest BCUT2D eigenvalue weighted by molar-refractivity contribution is 5.78. The average Bonchev–Trinajstić information content (AvgIpc) is 2.91. The van der Waals surface area contributed by atoms with Crippen LogP contribution in [0.5, 0.6) is 0 Å². The summed E-state index contributed by atoms with van der Waals surface area (Å²) >= 11 is 0. The number of hydrogen-bond acceptors (Lipinski definition) is 2. The Morgan fingerprint density at radius 3 is 2.69 bits per heavy atom. The van der Waals surface area contributed by atoms with Crippen LogP contribution >= 0.6 is 0 Å². The number of carbonyl (C=O) groups is 1. The summed E-state index contributed by atoms with van der Waals surface area (Å²) in [6.07, 6.45) is 10.5. The molecule has 16 heavy (non-hydrogen) atoms. The standard InChI is InChI=1S/C6H8N2.C6H9NO/c1-2-4-8-5-3-7-6-8;1-2-7-5-3-4-6(7)8/h2-3,5-6H,1,4H2;2H,1,3-5H2. The SMILES string of the molecule is C=CCn1ccnc1.C=CN1CCCC1=O. The van der Waals surface area contributed by atoms with Crippen LogP contribution in [0.4, 0.5) is 0 Å². The van der Waals surface area contributed by atoms with Crippen LogP contribution in [0, 0.1) is 0 Å². The number of rotatable bonds is 3. The monoisotopic (exact) mass is 219 g/mol. The van der Waals surface area contributed by atoms with Crippen molar-refractivity contribution >= 4 is 5.91 Å². The molecule has 4 heteroatoms. The van der Waals surface area contributed by atoms with Gasteiger partial charge >= 0.3 is 0 Å². The average molecular weight is 219 g/mol. The molecule has 1 saturated heterocycles. The number of amides is 1. The minimum atomic E-state index is 0.208. The van der Waals surface area contributed by atoms with Crippen LogP contribution in [0.2, 0.25) is 0 Å². The van der Waals surface area contributed by atoms with E-state index >= 15 is 0 Å². The second-order valence-electron chi connectivity index (χ2n) is 3.42. The van der Waals surface area contributed by atoms with Crippen LogP contribution < -0.4 is 0 Å². The molecule has 1 aliphatic rings. The van der Waals surface area contributed by atoms with E-state index in [9.17, 15) is 4.79 Å². The van der Waals surface area contributed by atoms with Gasteiger partial charge in [-0.25, -0.2) is 4.98 Å². The fourth-order valence-electron chi connectivity index (χ4n) is 1.41. The Morgan fingerprint density at radius 2 is 2.31 bits per heavy atom. The quantitative estimate of drug-likeness (QED) is 0.727. The summed E-state index contributed by atoms with van der Waals surface area (Å²) in [6, 6.07) is 0. The molecule has 1 fully saturated rings. The fourth-order valence-corrected chi connectivity index (χ4v) is 1.41. The van der Waals surface area contributed by atoms with Gasteiger partial charge in [0.25, 0.3) is 0 Å². The van der Waals surface area contributed by atoms with Crippen LogP contribution in [0.1, 0.15) is 12.8 Å². The molecule has 0 atom stereocenters. The van der Waals surface area contributed by atoms with Gasteiger partial charge in [0.15, 0.2) is 0 Å². The molecule has 0 saturated carbocycles. The second kappa shape index (κ2) is 6.61. The van der Waals surface area contributed by atoms with Crippen LogP contribution in [0.15, 0.2) is 44.2 Å². The maximum atomic E-state index is 10.7. The number of imidazole rings is 1. The molecule has 0 bridgehead atoms. The van der Waals surface area contributed by atoms with Gasteiger partial charge < -0.3 is 9.47 Å². The van der Waals surface area contributed by atoms with Crippen molar-refractivity contribution in [2.24, 2.45) is 0 Å². The van der Waals surface area contributed by atoms with Crippen molar-refractivity contribution in [2.75, 3.05) is 6.54 Å². The Balaban J connectivity index is 0.000000160. The van der Waals surface area contributed by atoms with Gasteiger partial charge in [0.05, 0.1) is 6.33 Å². The van der Waals surface area contributed by atoms with Crippen LogP contribution in [0.25, 0.3) is 0 Å². The highest BCUT2D eigenvalue weighted by Crippen LogP contribution is 2.08. The zero-order valence-electron chi connectivity index (χ0n) is 9.38. The Bertz CT molecular complexity index is 343. The summed E-state index contributed by atoms with van der Waals surface area (Å²) in [4.78, 5) is 16.2. The lowest BCUT2D eigenvalue weighted by molar-refractivity contribution is -0.125. The van der Waals surface area contributed by atoms with Crippen molar-refractivity contribution in [3.05, 3.63) is 44.2 Å². The van der Waals surface area contributed by atoms with Crippen LogP contribution in [-0.2, 0) is 11.3 Å². The first-order valence-electron chi connectivity index (χ1n) is 5.26. The van der Waals surface area contributed by atoms with Gasteiger partial charge in [-0.15, -0.1) is 6.58 Å².